The van der Waals surface area contributed by atoms with Gasteiger partial charge in [-0.25, -0.2) is 4.39 Å². The summed E-state index contributed by atoms with van der Waals surface area (Å²) in [5.41, 5.74) is 2.84. The van der Waals surface area contributed by atoms with E-state index in [4.69, 9.17) is 14.2 Å². The minimum Gasteiger partial charge on any atom is -0.493 e. The van der Waals surface area contributed by atoms with Gasteiger partial charge in [-0.05, 0) is 60.0 Å². The number of carbonyl (C=O) groups is 2. The van der Waals surface area contributed by atoms with Gasteiger partial charge in [-0.3, -0.25) is 9.59 Å². The van der Waals surface area contributed by atoms with E-state index in [0.717, 1.165) is 11.1 Å². The highest BCUT2D eigenvalue weighted by Crippen LogP contribution is 2.35. The highest BCUT2D eigenvalue weighted by atomic mass is 19.1. The van der Waals surface area contributed by atoms with Crippen LogP contribution in [-0.4, -0.2) is 32.6 Å². The maximum absolute atomic E-state index is 13.2. The van der Waals surface area contributed by atoms with Crippen LogP contribution in [0, 0.1) is 5.82 Å². The third-order valence-corrected chi connectivity index (χ3v) is 5.53. The second-order valence-corrected chi connectivity index (χ2v) is 7.82. The van der Waals surface area contributed by atoms with Crippen LogP contribution in [0.3, 0.4) is 0 Å². The van der Waals surface area contributed by atoms with Crippen molar-refractivity contribution >= 4 is 23.2 Å². The van der Waals surface area contributed by atoms with Gasteiger partial charge in [0.15, 0.2) is 18.1 Å². The van der Waals surface area contributed by atoms with Crippen LogP contribution < -0.4 is 24.4 Å². The Hall–Kier alpha value is -4.07. The molecule has 0 bridgehead atoms. The third-order valence-electron chi connectivity index (χ3n) is 5.53. The van der Waals surface area contributed by atoms with E-state index in [9.17, 15) is 14.0 Å². The lowest BCUT2D eigenvalue weighted by molar-refractivity contribution is -0.121. The largest absolute Gasteiger partial charge is 0.493 e. The Kier molecular flexibility index (Phi) is 6.96. The number of benzene rings is 3. The Labute approximate surface area is 197 Å². The number of nitrogens with zero attached hydrogens (tertiary/aromatic N) is 1. The molecule has 34 heavy (non-hydrogen) atoms. The van der Waals surface area contributed by atoms with Crippen LogP contribution in [0.25, 0.3) is 0 Å². The fourth-order valence-corrected chi connectivity index (χ4v) is 3.74. The summed E-state index contributed by atoms with van der Waals surface area (Å²) in [6.07, 6.45) is 0.788. The molecule has 0 saturated heterocycles. The molecule has 1 N–H and O–H groups in total. The number of methoxy groups -OCH3 is 2. The van der Waals surface area contributed by atoms with Gasteiger partial charge in [0.2, 0.25) is 5.91 Å². The molecule has 0 aromatic heterocycles. The average Bonchev–Trinajstić information content (AvgIpc) is 2.85. The lowest BCUT2D eigenvalue weighted by Gasteiger charge is -2.30. The monoisotopic (exact) mass is 464 g/mol. The van der Waals surface area contributed by atoms with Crippen LogP contribution in [0.4, 0.5) is 15.8 Å². The van der Waals surface area contributed by atoms with Crippen molar-refractivity contribution in [1.29, 1.82) is 0 Å². The zero-order valence-corrected chi connectivity index (χ0v) is 19.0. The molecule has 1 aliphatic heterocycles. The summed E-state index contributed by atoms with van der Waals surface area (Å²) in [6, 6.07) is 16.7. The molecule has 0 atom stereocenters. The minimum absolute atomic E-state index is 0.0782. The molecule has 176 valence electrons. The Morgan fingerprint density at radius 3 is 2.47 bits per heavy atom. The van der Waals surface area contributed by atoms with Crippen LogP contribution in [-0.2, 0) is 22.6 Å². The molecular formula is C26H25FN2O5. The van der Waals surface area contributed by atoms with E-state index >= 15 is 0 Å². The van der Waals surface area contributed by atoms with E-state index in [1.165, 1.54) is 12.1 Å². The third kappa shape index (κ3) is 5.28. The first-order chi connectivity index (χ1) is 16.5. The van der Waals surface area contributed by atoms with Crippen LogP contribution in [0.1, 0.15) is 17.5 Å². The number of ether oxygens (including phenoxy) is 3. The zero-order chi connectivity index (χ0) is 24.1. The lowest BCUT2D eigenvalue weighted by atomic mass is 10.1. The molecular weight excluding hydrogens is 439 g/mol. The van der Waals surface area contributed by atoms with Gasteiger partial charge >= 0.3 is 0 Å². The van der Waals surface area contributed by atoms with Crippen molar-refractivity contribution in [3.63, 3.8) is 0 Å². The summed E-state index contributed by atoms with van der Waals surface area (Å²) in [7, 11) is 3.14. The van der Waals surface area contributed by atoms with Gasteiger partial charge in [-0.1, -0.05) is 18.2 Å². The first kappa shape index (κ1) is 23.1. The number of nitrogens with one attached hydrogen (secondary N) is 1. The van der Waals surface area contributed by atoms with E-state index in [-0.39, 0.29) is 37.2 Å². The average molecular weight is 464 g/mol. The Bertz CT molecular complexity index is 1200. The molecule has 0 radical (unpaired) electrons. The van der Waals surface area contributed by atoms with Gasteiger partial charge in [0.25, 0.3) is 5.91 Å². The highest BCUT2D eigenvalue weighted by molar-refractivity contribution is 5.99. The summed E-state index contributed by atoms with van der Waals surface area (Å²) in [4.78, 5) is 26.7. The van der Waals surface area contributed by atoms with Crippen LogP contribution in [0.5, 0.6) is 17.2 Å². The molecule has 7 nitrogen and oxygen atoms in total. The number of hydrogen-bond donors (Lipinski definition) is 1. The number of carbonyl (C=O) groups excluding carboxylic acids is 2. The van der Waals surface area contributed by atoms with Crippen molar-refractivity contribution in [2.24, 2.45) is 0 Å². The summed E-state index contributed by atoms with van der Waals surface area (Å²) in [6.45, 7) is 0.192. The quantitative estimate of drug-likeness (QED) is 0.537. The SMILES string of the molecule is COc1ccc(CCC(=O)Nc2ccc3c(c2)N(Cc2ccc(F)cc2)C(=O)CO3)cc1OC. The number of halogens is 1. The molecule has 0 saturated carbocycles. The predicted molar refractivity (Wildman–Crippen MR) is 126 cm³/mol. The zero-order valence-electron chi connectivity index (χ0n) is 19.0. The van der Waals surface area contributed by atoms with Crippen LogP contribution in [0.2, 0.25) is 0 Å². The second kappa shape index (κ2) is 10.2. The van der Waals surface area contributed by atoms with E-state index in [1.807, 2.05) is 18.2 Å². The lowest BCUT2D eigenvalue weighted by Crippen LogP contribution is -2.38. The fourth-order valence-electron chi connectivity index (χ4n) is 3.74. The predicted octanol–water partition coefficient (Wildman–Crippen LogP) is 4.34. The molecule has 0 fully saturated rings. The van der Waals surface area contributed by atoms with Crippen LogP contribution in [0.15, 0.2) is 60.7 Å². The first-order valence-electron chi connectivity index (χ1n) is 10.8. The van der Waals surface area contributed by atoms with Crippen molar-refractivity contribution in [3.05, 3.63) is 77.6 Å². The summed E-state index contributed by atoms with van der Waals surface area (Å²) < 4.78 is 29.3. The molecule has 2 amide bonds. The van der Waals surface area contributed by atoms with Crippen molar-refractivity contribution < 1.29 is 28.2 Å². The highest BCUT2D eigenvalue weighted by Gasteiger charge is 2.26. The van der Waals surface area contributed by atoms with Gasteiger partial charge in [0, 0.05) is 12.1 Å². The first-order valence-corrected chi connectivity index (χ1v) is 10.8. The normalized spacial score (nSPS) is 12.6. The van der Waals surface area contributed by atoms with Crippen molar-refractivity contribution in [2.75, 3.05) is 31.0 Å². The van der Waals surface area contributed by atoms with Crippen molar-refractivity contribution in [2.45, 2.75) is 19.4 Å². The molecule has 0 aliphatic carbocycles. The molecule has 1 aliphatic rings. The maximum atomic E-state index is 13.2. The standard InChI is InChI=1S/C26H25FN2O5/c1-32-23-10-5-17(13-24(23)33-2)6-12-25(30)28-20-9-11-22-21(14-20)29(26(31)16-34-22)15-18-3-7-19(27)8-4-18/h3-5,7-11,13-14H,6,12,15-16H2,1-2H3,(H,28,30). The Morgan fingerprint density at radius 2 is 1.74 bits per heavy atom. The molecule has 3 aromatic carbocycles. The Morgan fingerprint density at radius 1 is 1.00 bits per heavy atom. The summed E-state index contributed by atoms with van der Waals surface area (Å²) >= 11 is 0. The smallest absolute Gasteiger partial charge is 0.265 e. The number of aryl methyl sites for hydroxylation is 1. The molecule has 8 heteroatoms. The van der Waals surface area contributed by atoms with Gasteiger partial charge in [-0.2, -0.15) is 0 Å². The van der Waals surface area contributed by atoms with E-state index < -0.39 is 0 Å². The summed E-state index contributed by atoms with van der Waals surface area (Å²) in [5, 5.41) is 2.88. The van der Waals surface area contributed by atoms with E-state index in [1.54, 1.807) is 49.5 Å². The molecule has 4 rings (SSSR count). The van der Waals surface area contributed by atoms with E-state index in [2.05, 4.69) is 5.32 Å². The minimum atomic E-state index is -0.337. The maximum Gasteiger partial charge on any atom is 0.265 e. The summed E-state index contributed by atoms with van der Waals surface area (Å²) in [5.74, 6) is 1.07. The number of fused-ring (bicyclic) bond motifs is 1. The molecule has 0 unspecified atom stereocenters. The van der Waals surface area contributed by atoms with Crippen LogP contribution >= 0.6 is 0 Å². The number of amides is 2. The number of anilines is 2. The number of hydrogen-bond acceptors (Lipinski definition) is 5. The number of rotatable bonds is 8. The fraction of sp³-hybridized carbons (Fsp3) is 0.231. The molecule has 0 spiro atoms. The molecule has 1 heterocycles. The van der Waals surface area contributed by atoms with Gasteiger partial charge in [-0.15, -0.1) is 0 Å². The van der Waals surface area contributed by atoms with Gasteiger partial charge < -0.3 is 24.4 Å². The van der Waals surface area contributed by atoms with Gasteiger partial charge in [0.1, 0.15) is 11.6 Å². The second-order valence-electron chi connectivity index (χ2n) is 7.82. The molecule has 3 aromatic rings. The topological polar surface area (TPSA) is 77.1 Å². The van der Waals surface area contributed by atoms with E-state index in [0.29, 0.717) is 35.0 Å². The van der Waals surface area contributed by atoms with Gasteiger partial charge in [0.05, 0.1) is 26.5 Å². The van der Waals surface area contributed by atoms with Crippen molar-refractivity contribution in [3.8, 4) is 17.2 Å². The van der Waals surface area contributed by atoms with Crippen molar-refractivity contribution in [1.82, 2.24) is 0 Å². The Balaban J connectivity index is 1.44.